The molecule has 1 heterocycles. The third-order valence-corrected chi connectivity index (χ3v) is 5.84. The summed E-state index contributed by atoms with van der Waals surface area (Å²) in [4.78, 5) is 1.40. The second kappa shape index (κ2) is 6.54. The number of hydrogen-bond donors (Lipinski definition) is 0. The van der Waals surface area contributed by atoms with E-state index in [0.717, 1.165) is 28.6 Å². The number of benzene rings is 2. The van der Waals surface area contributed by atoms with Gasteiger partial charge in [-0.15, -0.1) is 11.8 Å². The lowest BCUT2D eigenvalue weighted by Crippen LogP contribution is -2.13. The molecule has 0 aliphatic carbocycles. The van der Waals surface area contributed by atoms with Crippen LogP contribution in [0.3, 0.4) is 0 Å². The second-order valence-corrected chi connectivity index (χ2v) is 7.52. The minimum absolute atomic E-state index is 0.509. The summed E-state index contributed by atoms with van der Waals surface area (Å²) in [5.41, 5.74) is 2.69. The van der Waals surface area contributed by atoms with E-state index in [1.807, 2.05) is 17.8 Å². The number of thioether (sulfide) groups is 1. The van der Waals surface area contributed by atoms with Crippen LogP contribution in [0.15, 0.2) is 51.8 Å². The standard InChI is InChI=1S/C16H14Br2OS/c17-9-11-5-6-15(14(18)7-11)19-10-13-8-12-3-1-2-4-16(12)20-13/h1-7,13H,8-10H2. The molecule has 1 aliphatic heterocycles. The van der Waals surface area contributed by atoms with Crippen LogP contribution >= 0.6 is 43.6 Å². The summed E-state index contributed by atoms with van der Waals surface area (Å²) in [6, 6.07) is 14.8. The number of ether oxygens (including phenoxy) is 1. The van der Waals surface area contributed by atoms with Gasteiger partial charge in [0.05, 0.1) is 4.47 Å². The van der Waals surface area contributed by atoms with E-state index in [9.17, 15) is 0 Å². The maximum Gasteiger partial charge on any atom is 0.133 e. The number of rotatable bonds is 4. The van der Waals surface area contributed by atoms with Crippen molar-refractivity contribution in [3.05, 3.63) is 58.1 Å². The fourth-order valence-corrected chi connectivity index (χ4v) is 4.38. The Bertz CT molecular complexity index is 590. The molecule has 20 heavy (non-hydrogen) atoms. The van der Waals surface area contributed by atoms with Crippen LogP contribution in [-0.2, 0) is 11.8 Å². The molecule has 1 atom stereocenters. The number of alkyl halides is 1. The number of halogens is 2. The molecule has 0 spiro atoms. The Labute approximate surface area is 140 Å². The van der Waals surface area contributed by atoms with Crippen molar-refractivity contribution in [1.82, 2.24) is 0 Å². The Morgan fingerprint density at radius 3 is 2.80 bits per heavy atom. The summed E-state index contributed by atoms with van der Waals surface area (Å²) in [5, 5.41) is 1.37. The molecule has 0 amide bonds. The third kappa shape index (κ3) is 3.23. The average Bonchev–Trinajstić information content (AvgIpc) is 2.88. The molecule has 0 N–H and O–H groups in total. The Hall–Kier alpha value is -0.450. The molecular weight excluding hydrogens is 400 g/mol. The van der Waals surface area contributed by atoms with E-state index < -0.39 is 0 Å². The lowest BCUT2D eigenvalue weighted by molar-refractivity contribution is 0.315. The van der Waals surface area contributed by atoms with Crippen molar-refractivity contribution < 1.29 is 4.74 Å². The SMILES string of the molecule is BrCc1ccc(OCC2Cc3ccccc3S2)c(Br)c1. The van der Waals surface area contributed by atoms with E-state index in [2.05, 4.69) is 68.3 Å². The third-order valence-electron chi connectivity index (χ3n) is 3.29. The van der Waals surface area contributed by atoms with Crippen LogP contribution in [-0.4, -0.2) is 11.9 Å². The number of hydrogen-bond acceptors (Lipinski definition) is 2. The predicted octanol–water partition coefficient (Wildman–Crippen LogP) is 5.44. The van der Waals surface area contributed by atoms with E-state index >= 15 is 0 Å². The van der Waals surface area contributed by atoms with Crippen LogP contribution < -0.4 is 4.74 Å². The summed E-state index contributed by atoms with van der Waals surface area (Å²) < 4.78 is 6.99. The molecule has 1 aliphatic rings. The fourth-order valence-electron chi connectivity index (χ4n) is 2.27. The predicted molar refractivity (Wildman–Crippen MR) is 92.1 cm³/mol. The first-order valence-electron chi connectivity index (χ1n) is 6.48. The van der Waals surface area contributed by atoms with Gasteiger partial charge in [-0.25, -0.2) is 0 Å². The summed E-state index contributed by atoms with van der Waals surface area (Å²) in [5.74, 6) is 0.922. The van der Waals surface area contributed by atoms with Gasteiger partial charge in [0.2, 0.25) is 0 Å². The molecular formula is C16H14Br2OS. The highest BCUT2D eigenvalue weighted by Crippen LogP contribution is 2.37. The smallest absolute Gasteiger partial charge is 0.133 e. The second-order valence-electron chi connectivity index (χ2n) is 4.76. The van der Waals surface area contributed by atoms with Crippen molar-refractivity contribution in [3.63, 3.8) is 0 Å². The first-order valence-corrected chi connectivity index (χ1v) is 9.27. The largest absolute Gasteiger partial charge is 0.491 e. The van der Waals surface area contributed by atoms with Crippen molar-refractivity contribution in [2.24, 2.45) is 0 Å². The zero-order chi connectivity index (χ0) is 13.9. The summed E-state index contributed by atoms with van der Waals surface area (Å²) in [6.45, 7) is 0.742. The van der Waals surface area contributed by atoms with E-state index in [0.29, 0.717) is 5.25 Å². The maximum atomic E-state index is 5.97. The summed E-state index contributed by atoms with van der Waals surface area (Å²) in [7, 11) is 0. The number of fused-ring (bicyclic) bond motifs is 1. The van der Waals surface area contributed by atoms with Gasteiger partial charge in [0.15, 0.2) is 0 Å². The van der Waals surface area contributed by atoms with Gasteiger partial charge in [0.1, 0.15) is 12.4 Å². The molecule has 0 radical (unpaired) electrons. The Morgan fingerprint density at radius 1 is 1.20 bits per heavy atom. The summed E-state index contributed by atoms with van der Waals surface area (Å²) >= 11 is 8.95. The van der Waals surface area contributed by atoms with E-state index in [4.69, 9.17) is 4.74 Å². The molecule has 0 saturated carbocycles. The minimum Gasteiger partial charge on any atom is -0.491 e. The van der Waals surface area contributed by atoms with Gasteiger partial charge >= 0.3 is 0 Å². The van der Waals surface area contributed by atoms with Gasteiger partial charge in [-0.2, -0.15) is 0 Å². The van der Waals surface area contributed by atoms with Crippen LogP contribution in [0.2, 0.25) is 0 Å². The van der Waals surface area contributed by atoms with Gasteiger partial charge in [-0.3, -0.25) is 0 Å². The van der Waals surface area contributed by atoms with Crippen molar-refractivity contribution in [3.8, 4) is 5.75 Å². The maximum absolute atomic E-state index is 5.97. The van der Waals surface area contributed by atoms with Gasteiger partial charge in [-0.1, -0.05) is 40.2 Å². The highest BCUT2D eigenvalue weighted by Gasteiger charge is 2.22. The summed E-state index contributed by atoms with van der Waals surface area (Å²) in [6.07, 6.45) is 1.10. The zero-order valence-electron chi connectivity index (χ0n) is 10.8. The molecule has 3 rings (SSSR count). The molecule has 0 saturated heterocycles. The molecule has 0 fully saturated rings. The molecule has 2 aromatic carbocycles. The highest BCUT2D eigenvalue weighted by atomic mass is 79.9. The first kappa shape index (κ1) is 14.5. The monoisotopic (exact) mass is 412 g/mol. The van der Waals surface area contributed by atoms with Crippen LogP contribution in [0.1, 0.15) is 11.1 Å². The normalized spacial score (nSPS) is 17.0. The topological polar surface area (TPSA) is 9.23 Å². The minimum atomic E-state index is 0.509. The van der Waals surface area contributed by atoms with E-state index in [1.165, 1.54) is 16.0 Å². The lowest BCUT2D eigenvalue weighted by atomic mass is 10.1. The van der Waals surface area contributed by atoms with Gasteiger partial charge in [0, 0.05) is 15.5 Å². The fraction of sp³-hybridized carbons (Fsp3) is 0.250. The molecule has 1 unspecified atom stereocenters. The van der Waals surface area contributed by atoms with Crippen LogP contribution in [0, 0.1) is 0 Å². The molecule has 0 aromatic heterocycles. The van der Waals surface area contributed by atoms with Crippen molar-refractivity contribution in [2.45, 2.75) is 21.9 Å². The van der Waals surface area contributed by atoms with Crippen LogP contribution in [0.5, 0.6) is 5.75 Å². The van der Waals surface area contributed by atoms with Crippen LogP contribution in [0.25, 0.3) is 0 Å². The molecule has 1 nitrogen and oxygen atoms in total. The molecule has 0 bridgehead atoms. The zero-order valence-corrected chi connectivity index (χ0v) is 14.8. The van der Waals surface area contributed by atoms with Gasteiger partial charge in [0.25, 0.3) is 0 Å². The van der Waals surface area contributed by atoms with Crippen molar-refractivity contribution >= 4 is 43.6 Å². The van der Waals surface area contributed by atoms with E-state index in [-0.39, 0.29) is 0 Å². The van der Waals surface area contributed by atoms with Gasteiger partial charge < -0.3 is 4.74 Å². The first-order chi connectivity index (χ1) is 9.76. The van der Waals surface area contributed by atoms with Gasteiger partial charge in [-0.05, 0) is 51.7 Å². The Kier molecular flexibility index (Phi) is 4.74. The average molecular weight is 414 g/mol. The molecule has 104 valence electrons. The van der Waals surface area contributed by atoms with Crippen molar-refractivity contribution in [2.75, 3.05) is 6.61 Å². The Balaban J connectivity index is 1.61. The highest BCUT2D eigenvalue weighted by molar-refractivity contribution is 9.10. The Morgan fingerprint density at radius 2 is 2.05 bits per heavy atom. The van der Waals surface area contributed by atoms with Crippen LogP contribution in [0.4, 0.5) is 0 Å². The molecule has 4 heteroatoms. The van der Waals surface area contributed by atoms with Crippen molar-refractivity contribution in [1.29, 1.82) is 0 Å². The quantitative estimate of drug-likeness (QED) is 0.617. The lowest BCUT2D eigenvalue weighted by Gasteiger charge is -2.12. The van der Waals surface area contributed by atoms with E-state index in [1.54, 1.807) is 0 Å². The molecule has 2 aromatic rings.